The van der Waals surface area contributed by atoms with E-state index in [1.165, 1.54) is 5.57 Å². The summed E-state index contributed by atoms with van der Waals surface area (Å²) in [5.41, 5.74) is 6.41. The van der Waals surface area contributed by atoms with E-state index in [2.05, 4.69) is 11.5 Å². The highest BCUT2D eigenvalue weighted by atomic mass is 16.6. The van der Waals surface area contributed by atoms with Gasteiger partial charge in [0, 0.05) is 6.08 Å². The van der Waals surface area contributed by atoms with Crippen LogP contribution in [0.4, 0.5) is 0 Å². The number of fused-ring (bicyclic) bond motifs is 2. The average molecular weight is 331 g/mol. The van der Waals surface area contributed by atoms with Crippen LogP contribution in [0.15, 0.2) is 72.3 Å². The fraction of sp³-hybridized carbons (Fsp3) is 0.238. The molecule has 2 heterocycles. The summed E-state index contributed by atoms with van der Waals surface area (Å²) in [5.74, 6) is -0.292. The monoisotopic (exact) mass is 331 g/mol. The van der Waals surface area contributed by atoms with Gasteiger partial charge in [-0.25, -0.2) is 4.79 Å². The van der Waals surface area contributed by atoms with Crippen LogP contribution in [-0.2, 0) is 15.3 Å². The molecular formula is C21H19N2O2+. The quantitative estimate of drug-likeness (QED) is 0.523. The van der Waals surface area contributed by atoms with Gasteiger partial charge in [0.2, 0.25) is 0 Å². The number of esters is 1. The van der Waals surface area contributed by atoms with E-state index in [-0.39, 0.29) is 12.0 Å². The van der Waals surface area contributed by atoms with Gasteiger partial charge in [0.25, 0.3) is 0 Å². The Balaban J connectivity index is 1.77. The van der Waals surface area contributed by atoms with Crippen LogP contribution in [0.3, 0.4) is 0 Å². The van der Waals surface area contributed by atoms with Crippen molar-refractivity contribution in [1.82, 2.24) is 5.43 Å². The van der Waals surface area contributed by atoms with Gasteiger partial charge in [0.1, 0.15) is 6.04 Å². The maximum atomic E-state index is 12.9. The molecule has 1 fully saturated rings. The van der Waals surface area contributed by atoms with Crippen LogP contribution < -0.4 is 5.43 Å². The van der Waals surface area contributed by atoms with Gasteiger partial charge in [-0.2, -0.15) is 5.43 Å². The van der Waals surface area contributed by atoms with Crippen molar-refractivity contribution < 1.29 is 14.2 Å². The SMILES string of the molecule is O=C1O[C@@]2(c3ccccc3)C=C3CCC[C@H]3N[N+]2=C1c1ccccc1. The average Bonchev–Trinajstić information content (AvgIpc) is 3.22. The molecule has 2 aromatic carbocycles. The van der Waals surface area contributed by atoms with Crippen molar-refractivity contribution >= 4 is 11.7 Å². The van der Waals surface area contributed by atoms with E-state index in [1.807, 2.05) is 65.3 Å². The minimum Gasteiger partial charge on any atom is -0.382 e. The third-order valence-electron chi connectivity index (χ3n) is 5.30. The zero-order valence-electron chi connectivity index (χ0n) is 13.8. The molecule has 1 N–H and O–H groups in total. The van der Waals surface area contributed by atoms with Crippen molar-refractivity contribution in [3.05, 3.63) is 83.4 Å². The van der Waals surface area contributed by atoms with Crippen molar-refractivity contribution in [2.45, 2.75) is 31.0 Å². The Hall–Kier alpha value is -2.88. The number of ether oxygens (including phenoxy) is 1. The van der Waals surface area contributed by atoms with E-state index in [9.17, 15) is 4.79 Å². The summed E-state index contributed by atoms with van der Waals surface area (Å²) >= 11 is 0. The lowest BCUT2D eigenvalue weighted by Crippen LogP contribution is -2.53. The second-order valence-electron chi connectivity index (χ2n) is 6.80. The largest absolute Gasteiger partial charge is 0.412 e. The molecule has 25 heavy (non-hydrogen) atoms. The lowest BCUT2D eigenvalue weighted by molar-refractivity contribution is -0.692. The van der Waals surface area contributed by atoms with Crippen LogP contribution in [0.5, 0.6) is 0 Å². The standard InChI is InChI=1S/C21H18N2O2/c24-20-19(15-8-3-1-4-9-15)23-21(25-20,17-11-5-2-6-12-17)14-16-10-7-13-18(16)22-23/h1-6,8-9,11-12,14,18H,7,10,13H2/p+1/t18-,21-/m1/s1. The van der Waals surface area contributed by atoms with Gasteiger partial charge in [-0.15, -0.1) is 0 Å². The number of benzene rings is 2. The van der Waals surface area contributed by atoms with Crippen molar-refractivity contribution in [2.75, 3.05) is 0 Å². The molecule has 0 bridgehead atoms. The third-order valence-corrected chi connectivity index (χ3v) is 5.30. The molecule has 4 heteroatoms. The predicted molar refractivity (Wildman–Crippen MR) is 93.9 cm³/mol. The minimum atomic E-state index is -0.903. The van der Waals surface area contributed by atoms with Gasteiger partial charge >= 0.3 is 17.4 Å². The molecule has 0 aromatic heterocycles. The smallest absolute Gasteiger partial charge is 0.382 e. The summed E-state index contributed by atoms with van der Waals surface area (Å²) < 4.78 is 7.97. The van der Waals surface area contributed by atoms with E-state index in [1.54, 1.807) is 0 Å². The molecule has 5 rings (SSSR count). The lowest BCUT2D eigenvalue weighted by Gasteiger charge is -2.29. The second-order valence-corrected chi connectivity index (χ2v) is 6.80. The van der Waals surface area contributed by atoms with Crippen molar-refractivity contribution in [2.24, 2.45) is 0 Å². The second kappa shape index (κ2) is 5.31. The molecule has 1 saturated carbocycles. The highest BCUT2D eigenvalue weighted by Gasteiger charge is 2.60. The highest BCUT2D eigenvalue weighted by Crippen LogP contribution is 2.41. The highest BCUT2D eigenvalue weighted by molar-refractivity contribution is 6.41. The Kier molecular flexibility index (Phi) is 3.07. The third kappa shape index (κ3) is 2.07. The molecule has 1 aliphatic carbocycles. The van der Waals surface area contributed by atoms with Gasteiger partial charge in [-0.3, -0.25) is 0 Å². The summed E-state index contributed by atoms with van der Waals surface area (Å²) in [4.78, 5) is 12.9. The summed E-state index contributed by atoms with van der Waals surface area (Å²) in [6, 6.07) is 20.0. The van der Waals surface area contributed by atoms with Crippen LogP contribution in [0.25, 0.3) is 0 Å². The number of hydrogen-bond acceptors (Lipinski definition) is 3. The molecule has 124 valence electrons. The summed E-state index contributed by atoms with van der Waals surface area (Å²) in [6.45, 7) is 0. The first-order valence-electron chi connectivity index (χ1n) is 8.77. The molecule has 0 radical (unpaired) electrons. The van der Waals surface area contributed by atoms with Crippen molar-refractivity contribution in [1.29, 1.82) is 0 Å². The molecule has 0 unspecified atom stereocenters. The Morgan fingerprint density at radius 1 is 1.04 bits per heavy atom. The number of hydrogen-bond donors (Lipinski definition) is 1. The maximum Gasteiger partial charge on any atom is 0.412 e. The number of nitrogens with zero attached hydrogens (tertiary/aromatic N) is 1. The Morgan fingerprint density at radius 3 is 2.52 bits per heavy atom. The topological polar surface area (TPSA) is 41.3 Å². The molecule has 2 aromatic rings. The van der Waals surface area contributed by atoms with Gasteiger partial charge in [0.05, 0.1) is 11.1 Å². The summed E-state index contributed by atoms with van der Waals surface area (Å²) in [7, 11) is 0. The van der Waals surface area contributed by atoms with Crippen LogP contribution in [0, 0.1) is 0 Å². The van der Waals surface area contributed by atoms with Crippen molar-refractivity contribution in [3.8, 4) is 0 Å². The summed E-state index contributed by atoms with van der Waals surface area (Å²) in [6.07, 6.45) is 5.46. The Labute approximate surface area is 146 Å². The molecule has 0 amide bonds. The first kappa shape index (κ1) is 14.5. The number of hydrazone groups is 1. The van der Waals surface area contributed by atoms with Gasteiger partial charge in [-0.05, 0) is 49.1 Å². The van der Waals surface area contributed by atoms with E-state index < -0.39 is 5.72 Å². The van der Waals surface area contributed by atoms with Crippen molar-refractivity contribution in [3.63, 3.8) is 0 Å². The fourth-order valence-corrected chi connectivity index (χ4v) is 4.14. The molecule has 2 aliphatic heterocycles. The maximum absolute atomic E-state index is 12.9. The lowest BCUT2D eigenvalue weighted by atomic mass is 9.95. The number of rotatable bonds is 2. The molecule has 0 spiro atoms. The number of carbonyl (C=O) groups excluding carboxylic acids is 1. The number of nitrogens with one attached hydrogen (secondary N) is 1. The molecule has 2 atom stereocenters. The van der Waals surface area contributed by atoms with E-state index in [0.717, 1.165) is 30.4 Å². The Bertz CT molecular complexity index is 902. The number of hydrazine groups is 1. The van der Waals surface area contributed by atoms with E-state index in [4.69, 9.17) is 4.74 Å². The minimum absolute atomic E-state index is 0.282. The number of carbonyl (C=O) groups is 1. The van der Waals surface area contributed by atoms with E-state index >= 15 is 0 Å². The zero-order chi connectivity index (χ0) is 16.9. The van der Waals surface area contributed by atoms with E-state index in [0.29, 0.717) is 5.71 Å². The van der Waals surface area contributed by atoms with Crippen LogP contribution in [0.1, 0.15) is 30.4 Å². The first-order chi connectivity index (χ1) is 12.3. The molecule has 3 aliphatic rings. The normalized spacial score (nSPS) is 27.3. The zero-order valence-corrected chi connectivity index (χ0v) is 13.8. The van der Waals surface area contributed by atoms with Crippen LogP contribution in [-0.4, -0.2) is 22.4 Å². The molecule has 4 nitrogen and oxygen atoms in total. The molecule has 0 saturated heterocycles. The summed E-state index contributed by atoms with van der Waals surface area (Å²) in [5, 5.41) is 0. The Morgan fingerprint density at radius 2 is 1.76 bits per heavy atom. The predicted octanol–water partition coefficient (Wildman–Crippen LogP) is 2.90. The fourth-order valence-electron chi connectivity index (χ4n) is 4.14. The first-order valence-corrected chi connectivity index (χ1v) is 8.77. The van der Waals surface area contributed by atoms with Gasteiger partial charge < -0.3 is 4.74 Å². The van der Waals surface area contributed by atoms with Crippen LogP contribution >= 0.6 is 0 Å². The molecular weight excluding hydrogens is 312 g/mol. The van der Waals surface area contributed by atoms with Gasteiger partial charge in [0.15, 0.2) is 0 Å². The van der Waals surface area contributed by atoms with Gasteiger partial charge in [-0.1, -0.05) is 41.1 Å². The van der Waals surface area contributed by atoms with Crippen LogP contribution in [0.2, 0.25) is 0 Å².